The van der Waals surface area contributed by atoms with Crippen molar-refractivity contribution in [3.63, 3.8) is 0 Å². The standard InChI is InChI=1S/C31H27F4N7O/c1-3-11-42-16-25(26-27(36)39-17-40-29(26)42)23-10-5-18(12-19(23)4-2)14-37-28-24(13-20(15-38-28)31(33,34)35)30(43)41-22-8-6-21(32)7-9-22/h4-10,12-13,15-17H,2-3,11,14H2,1H3,(H,37,38)(H,41,43)(H2,36,39,40). The Morgan fingerprint density at radius 1 is 1.07 bits per heavy atom. The van der Waals surface area contributed by atoms with Crippen LogP contribution in [0.1, 0.15) is 40.4 Å². The number of aromatic nitrogens is 4. The quantitative estimate of drug-likeness (QED) is 0.158. The van der Waals surface area contributed by atoms with Crippen molar-refractivity contribution in [3.8, 4) is 11.1 Å². The zero-order chi connectivity index (χ0) is 30.7. The summed E-state index contributed by atoms with van der Waals surface area (Å²) in [7, 11) is 0. The second kappa shape index (κ2) is 11.9. The Hall–Kier alpha value is -5.26. The third-order valence-electron chi connectivity index (χ3n) is 6.80. The first-order valence-electron chi connectivity index (χ1n) is 13.3. The number of rotatable bonds is 9. The number of anilines is 3. The van der Waals surface area contributed by atoms with Crippen molar-refractivity contribution in [2.45, 2.75) is 32.6 Å². The molecular formula is C31H27F4N7O. The minimum Gasteiger partial charge on any atom is -0.383 e. The van der Waals surface area contributed by atoms with Crippen LogP contribution >= 0.6 is 0 Å². The van der Waals surface area contributed by atoms with Crippen LogP contribution in [0.4, 0.5) is 34.9 Å². The lowest BCUT2D eigenvalue weighted by molar-refractivity contribution is -0.137. The van der Waals surface area contributed by atoms with E-state index in [0.717, 1.165) is 64.5 Å². The van der Waals surface area contributed by atoms with Crippen LogP contribution in [0.3, 0.4) is 0 Å². The van der Waals surface area contributed by atoms with E-state index in [4.69, 9.17) is 5.73 Å². The highest BCUT2D eigenvalue weighted by molar-refractivity contribution is 6.07. The molecule has 0 saturated heterocycles. The van der Waals surface area contributed by atoms with Gasteiger partial charge >= 0.3 is 6.18 Å². The van der Waals surface area contributed by atoms with E-state index in [2.05, 4.69) is 39.1 Å². The molecule has 12 heteroatoms. The van der Waals surface area contributed by atoms with Crippen molar-refractivity contribution in [1.82, 2.24) is 19.5 Å². The summed E-state index contributed by atoms with van der Waals surface area (Å²) >= 11 is 0. The molecule has 0 radical (unpaired) electrons. The van der Waals surface area contributed by atoms with E-state index >= 15 is 0 Å². The van der Waals surface area contributed by atoms with E-state index in [1.807, 2.05) is 29.0 Å². The van der Waals surface area contributed by atoms with Gasteiger partial charge in [-0.1, -0.05) is 31.7 Å². The van der Waals surface area contributed by atoms with E-state index < -0.39 is 23.5 Å². The number of carbonyl (C=O) groups is 1. The number of aryl methyl sites for hydroxylation is 1. The van der Waals surface area contributed by atoms with E-state index in [1.54, 1.807) is 6.08 Å². The maximum Gasteiger partial charge on any atom is 0.417 e. The molecule has 0 spiro atoms. The highest BCUT2D eigenvalue weighted by atomic mass is 19.4. The minimum absolute atomic E-state index is 0.0515. The maximum absolute atomic E-state index is 13.5. The summed E-state index contributed by atoms with van der Waals surface area (Å²) in [5.74, 6) is -1.05. The van der Waals surface area contributed by atoms with E-state index in [-0.39, 0.29) is 23.6 Å². The molecule has 3 aromatic heterocycles. The molecule has 8 nitrogen and oxygen atoms in total. The fraction of sp³-hybridized carbons (Fsp3) is 0.161. The largest absolute Gasteiger partial charge is 0.417 e. The number of hydrogen-bond acceptors (Lipinski definition) is 6. The molecule has 1 amide bonds. The van der Waals surface area contributed by atoms with Crippen molar-refractivity contribution in [1.29, 1.82) is 0 Å². The first kappa shape index (κ1) is 29.2. The molecule has 0 atom stereocenters. The van der Waals surface area contributed by atoms with Gasteiger partial charge in [0.1, 0.15) is 29.4 Å². The number of carbonyl (C=O) groups excluding carboxylic acids is 1. The van der Waals surface area contributed by atoms with Crippen molar-refractivity contribution < 1.29 is 22.4 Å². The van der Waals surface area contributed by atoms with Crippen LogP contribution in [0, 0.1) is 5.82 Å². The second-order valence-corrected chi connectivity index (χ2v) is 9.75. The van der Waals surface area contributed by atoms with E-state index in [9.17, 15) is 22.4 Å². The Bertz CT molecular complexity index is 1810. The molecule has 0 fully saturated rings. The minimum atomic E-state index is -4.71. The summed E-state index contributed by atoms with van der Waals surface area (Å²) in [5.41, 5.74) is 9.03. The van der Waals surface area contributed by atoms with E-state index in [0.29, 0.717) is 12.0 Å². The van der Waals surface area contributed by atoms with Gasteiger partial charge in [0.15, 0.2) is 0 Å². The number of fused-ring (bicyclic) bond motifs is 1. The number of nitrogens with zero attached hydrogens (tertiary/aromatic N) is 4. The van der Waals surface area contributed by atoms with Gasteiger partial charge in [-0.05, 0) is 59.5 Å². The first-order valence-corrected chi connectivity index (χ1v) is 13.3. The predicted octanol–water partition coefficient (Wildman–Crippen LogP) is 7.15. The molecule has 220 valence electrons. The number of amides is 1. The lowest BCUT2D eigenvalue weighted by atomic mass is 9.97. The molecular weight excluding hydrogens is 562 g/mol. The van der Waals surface area contributed by atoms with Gasteiger partial charge in [-0.2, -0.15) is 13.2 Å². The van der Waals surface area contributed by atoms with E-state index in [1.165, 1.54) is 18.5 Å². The van der Waals surface area contributed by atoms with Crippen LogP contribution in [0.2, 0.25) is 0 Å². The molecule has 5 rings (SSSR count). The normalized spacial score (nSPS) is 11.5. The smallest absolute Gasteiger partial charge is 0.383 e. The first-order chi connectivity index (χ1) is 20.6. The molecule has 3 heterocycles. The predicted molar refractivity (Wildman–Crippen MR) is 159 cm³/mol. The third-order valence-corrected chi connectivity index (χ3v) is 6.80. The maximum atomic E-state index is 13.5. The van der Waals surface area contributed by atoms with Crippen LogP contribution in [0.5, 0.6) is 0 Å². The van der Waals surface area contributed by atoms with Crippen molar-refractivity contribution >= 4 is 40.3 Å². The number of benzene rings is 2. The number of nitrogen functional groups attached to an aromatic ring is 1. The zero-order valence-corrected chi connectivity index (χ0v) is 23.0. The van der Waals surface area contributed by atoms with Gasteiger partial charge in [0.25, 0.3) is 5.91 Å². The average molecular weight is 590 g/mol. The van der Waals surface area contributed by atoms with Crippen LogP contribution in [0.15, 0.2) is 73.8 Å². The zero-order valence-electron chi connectivity index (χ0n) is 23.0. The second-order valence-electron chi connectivity index (χ2n) is 9.75. The van der Waals surface area contributed by atoms with Gasteiger partial charge in [0, 0.05) is 36.7 Å². The molecule has 0 aliphatic carbocycles. The highest BCUT2D eigenvalue weighted by Crippen LogP contribution is 2.36. The van der Waals surface area contributed by atoms with Gasteiger partial charge < -0.3 is 20.9 Å². The van der Waals surface area contributed by atoms with Crippen molar-refractivity contribution in [3.05, 3.63) is 102 Å². The molecule has 0 saturated carbocycles. The number of pyridine rings is 1. The van der Waals surface area contributed by atoms with Crippen molar-refractivity contribution in [2.75, 3.05) is 16.4 Å². The topological polar surface area (TPSA) is 111 Å². The summed E-state index contributed by atoms with van der Waals surface area (Å²) in [6.45, 7) is 6.90. The molecule has 0 aliphatic heterocycles. The Kier molecular flexibility index (Phi) is 8.11. The van der Waals surface area contributed by atoms with Crippen LogP contribution in [-0.2, 0) is 19.3 Å². The van der Waals surface area contributed by atoms with Gasteiger partial charge in [0.05, 0.1) is 16.5 Å². The summed E-state index contributed by atoms with van der Waals surface area (Å²) < 4.78 is 55.7. The fourth-order valence-electron chi connectivity index (χ4n) is 4.75. The van der Waals surface area contributed by atoms with Crippen LogP contribution in [-0.4, -0.2) is 25.4 Å². The summed E-state index contributed by atoms with van der Waals surface area (Å²) in [6, 6.07) is 11.2. The number of nitrogens with two attached hydrogens (primary N) is 1. The van der Waals surface area contributed by atoms with Gasteiger partial charge in [-0.3, -0.25) is 4.79 Å². The molecule has 5 aromatic rings. The fourth-order valence-corrected chi connectivity index (χ4v) is 4.75. The molecule has 4 N–H and O–H groups in total. The van der Waals surface area contributed by atoms with Gasteiger partial charge in [0.2, 0.25) is 0 Å². The van der Waals surface area contributed by atoms with Gasteiger partial charge in [-0.25, -0.2) is 19.3 Å². The number of alkyl halides is 3. The number of halogens is 4. The Balaban J connectivity index is 1.45. The Morgan fingerprint density at radius 3 is 2.53 bits per heavy atom. The number of nitrogens with one attached hydrogen (secondary N) is 2. The Labute approximate surface area is 244 Å². The van der Waals surface area contributed by atoms with Gasteiger partial charge in [-0.15, -0.1) is 0 Å². The molecule has 2 aromatic carbocycles. The third kappa shape index (κ3) is 6.17. The molecule has 0 bridgehead atoms. The summed E-state index contributed by atoms with van der Waals surface area (Å²) in [6.07, 6.45) is 1.96. The molecule has 0 aliphatic rings. The summed E-state index contributed by atoms with van der Waals surface area (Å²) in [5, 5.41) is 6.20. The number of hydrogen-bond donors (Lipinski definition) is 3. The van der Waals surface area contributed by atoms with Crippen LogP contribution in [0.25, 0.3) is 28.2 Å². The van der Waals surface area contributed by atoms with Crippen molar-refractivity contribution in [2.24, 2.45) is 0 Å². The lowest BCUT2D eigenvalue weighted by Crippen LogP contribution is -2.18. The Morgan fingerprint density at radius 2 is 1.84 bits per heavy atom. The summed E-state index contributed by atoms with van der Waals surface area (Å²) in [4.78, 5) is 25.5. The molecule has 0 unspecified atom stereocenters. The lowest BCUT2D eigenvalue weighted by Gasteiger charge is -2.15. The highest BCUT2D eigenvalue weighted by Gasteiger charge is 2.32. The van der Waals surface area contributed by atoms with Crippen LogP contribution < -0.4 is 16.4 Å². The monoisotopic (exact) mass is 589 g/mol. The average Bonchev–Trinajstić information content (AvgIpc) is 3.36. The molecule has 43 heavy (non-hydrogen) atoms. The SMILES string of the molecule is C=Cc1cc(CNc2ncc(C(F)(F)F)cc2C(=O)Nc2ccc(F)cc2)ccc1-c1cn(CCC)c2ncnc(N)c12.